The highest BCUT2D eigenvalue weighted by molar-refractivity contribution is 9.10. The van der Waals surface area contributed by atoms with Gasteiger partial charge in [0.25, 0.3) is 0 Å². The van der Waals surface area contributed by atoms with Crippen molar-refractivity contribution in [1.29, 1.82) is 0 Å². The number of hydrogen-bond donors (Lipinski definition) is 0. The minimum Gasteiger partial charge on any atom is -0.497 e. The van der Waals surface area contributed by atoms with Crippen molar-refractivity contribution in [3.8, 4) is 5.75 Å². The molecule has 0 spiro atoms. The average Bonchev–Trinajstić information content (AvgIpc) is 2.14. The van der Waals surface area contributed by atoms with Crippen molar-refractivity contribution in [2.75, 3.05) is 7.11 Å². The molecule has 0 bridgehead atoms. The molecule has 0 aromatic heterocycles. The zero-order valence-corrected chi connectivity index (χ0v) is 13.5. The van der Waals surface area contributed by atoms with E-state index < -0.39 is 0 Å². The fourth-order valence-electron chi connectivity index (χ4n) is 1.81. The maximum Gasteiger partial charge on any atom is 0.119 e. The van der Waals surface area contributed by atoms with Crippen LogP contribution < -0.4 is 4.74 Å². The lowest BCUT2D eigenvalue weighted by Crippen LogP contribution is -2.18. The van der Waals surface area contributed by atoms with Crippen molar-refractivity contribution in [2.24, 2.45) is 0 Å². The lowest BCUT2D eigenvalue weighted by Gasteiger charge is -2.28. The van der Waals surface area contributed by atoms with E-state index in [0.29, 0.717) is 0 Å². The molecule has 0 radical (unpaired) electrons. The normalized spacial score (nSPS) is 12.7. The summed E-state index contributed by atoms with van der Waals surface area (Å²) in [4.78, 5) is 0. The molecule has 0 saturated heterocycles. The fourth-order valence-corrected chi connectivity index (χ4v) is 3.23. The van der Waals surface area contributed by atoms with Crippen LogP contribution in [0.25, 0.3) is 0 Å². The molecular formula is C15H23BrO. The lowest BCUT2D eigenvalue weighted by molar-refractivity contribution is 0.410. The summed E-state index contributed by atoms with van der Waals surface area (Å²) in [5.41, 5.74) is 2.80. The van der Waals surface area contributed by atoms with Crippen LogP contribution in [0.3, 0.4) is 0 Å². The largest absolute Gasteiger partial charge is 0.497 e. The molecule has 0 fully saturated rings. The van der Waals surface area contributed by atoms with Gasteiger partial charge in [0, 0.05) is 4.47 Å². The maximum atomic E-state index is 5.42. The second-order valence-electron chi connectivity index (χ2n) is 6.54. The Balaban J connectivity index is 3.53. The molecule has 0 unspecified atom stereocenters. The predicted octanol–water partition coefficient (Wildman–Crippen LogP) is 5.05. The van der Waals surface area contributed by atoms with E-state index in [4.69, 9.17) is 4.74 Å². The average molecular weight is 299 g/mol. The first-order valence-corrected chi connectivity index (χ1v) is 6.75. The van der Waals surface area contributed by atoms with Crippen LogP contribution in [-0.4, -0.2) is 7.11 Å². The topological polar surface area (TPSA) is 9.23 Å². The second-order valence-corrected chi connectivity index (χ2v) is 7.33. The molecule has 0 aliphatic carbocycles. The van der Waals surface area contributed by atoms with Crippen molar-refractivity contribution >= 4 is 15.9 Å². The Bertz CT molecular complexity index is 373. The minimum absolute atomic E-state index is 0.105. The Hall–Kier alpha value is -0.500. The highest BCUT2D eigenvalue weighted by Gasteiger charge is 2.25. The number of hydrogen-bond acceptors (Lipinski definition) is 1. The summed E-state index contributed by atoms with van der Waals surface area (Å²) < 4.78 is 6.63. The third-order valence-electron chi connectivity index (χ3n) is 2.90. The van der Waals surface area contributed by atoms with E-state index in [1.165, 1.54) is 15.6 Å². The van der Waals surface area contributed by atoms with Crippen LogP contribution in [0.4, 0.5) is 0 Å². The summed E-state index contributed by atoms with van der Waals surface area (Å²) >= 11 is 3.76. The summed E-state index contributed by atoms with van der Waals surface area (Å²) in [5.74, 6) is 0.933. The molecule has 0 saturated carbocycles. The summed E-state index contributed by atoms with van der Waals surface area (Å²) in [6.45, 7) is 13.3. The number of benzene rings is 1. The van der Waals surface area contributed by atoms with Crippen molar-refractivity contribution in [1.82, 2.24) is 0 Å². The summed E-state index contributed by atoms with van der Waals surface area (Å²) in [7, 11) is 1.72. The standard InChI is InChI=1S/C15H23BrO/c1-14(2,3)11-8-10(17-7)9-12(13(11)16)15(4,5)6/h8-9H,1-7H3. The molecule has 1 rings (SSSR count). The first kappa shape index (κ1) is 14.6. The SMILES string of the molecule is COc1cc(C(C)(C)C)c(Br)c(C(C)(C)C)c1. The van der Waals surface area contributed by atoms with E-state index in [0.717, 1.165) is 5.75 Å². The molecule has 1 aromatic carbocycles. The molecule has 0 N–H and O–H groups in total. The van der Waals surface area contributed by atoms with Gasteiger partial charge in [-0.3, -0.25) is 0 Å². The van der Waals surface area contributed by atoms with Crippen LogP contribution in [0.1, 0.15) is 52.7 Å². The number of halogens is 1. The molecule has 0 atom stereocenters. The summed E-state index contributed by atoms with van der Waals surface area (Å²) in [6.07, 6.45) is 0. The molecule has 0 aliphatic heterocycles. The van der Waals surface area contributed by atoms with Crippen LogP contribution in [0, 0.1) is 0 Å². The van der Waals surface area contributed by atoms with Gasteiger partial charge in [-0.25, -0.2) is 0 Å². The fraction of sp³-hybridized carbons (Fsp3) is 0.600. The van der Waals surface area contributed by atoms with Gasteiger partial charge in [-0.2, -0.15) is 0 Å². The highest BCUT2D eigenvalue weighted by atomic mass is 79.9. The molecule has 0 heterocycles. The number of methoxy groups -OCH3 is 1. The van der Waals surface area contributed by atoms with Gasteiger partial charge in [0.1, 0.15) is 5.75 Å². The summed E-state index contributed by atoms with van der Waals surface area (Å²) in [5, 5.41) is 0. The quantitative estimate of drug-likeness (QED) is 0.705. The minimum atomic E-state index is 0.105. The van der Waals surface area contributed by atoms with Crippen LogP contribution >= 0.6 is 15.9 Å². The van der Waals surface area contributed by atoms with Gasteiger partial charge in [0.2, 0.25) is 0 Å². The third kappa shape index (κ3) is 3.25. The van der Waals surface area contributed by atoms with E-state index in [2.05, 4.69) is 69.6 Å². The molecule has 0 aliphatic rings. The Labute approximate surface area is 114 Å². The van der Waals surface area contributed by atoms with Crippen molar-refractivity contribution in [2.45, 2.75) is 52.4 Å². The molecular weight excluding hydrogens is 276 g/mol. The van der Waals surface area contributed by atoms with Gasteiger partial charge in [-0.15, -0.1) is 0 Å². The van der Waals surface area contributed by atoms with E-state index in [9.17, 15) is 0 Å². The van der Waals surface area contributed by atoms with Gasteiger partial charge in [0.15, 0.2) is 0 Å². The van der Waals surface area contributed by atoms with Crippen molar-refractivity contribution < 1.29 is 4.74 Å². The van der Waals surface area contributed by atoms with E-state index in [1.54, 1.807) is 7.11 Å². The Morgan fingerprint density at radius 3 is 1.47 bits per heavy atom. The van der Waals surface area contributed by atoms with Crippen LogP contribution in [0.2, 0.25) is 0 Å². The second kappa shape index (κ2) is 4.64. The molecule has 2 heteroatoms. The van der Waals surface area contributed by atoms with Crippen molar-refractivity contribution in [3.05, 3.63) is 27.7 Å². The highest BCUT2D eigenvalue weighted by Crippen LogP contribution is 2.40. The zero-order chi connectivity index (χ0) is 13.4. The van der Waals surface area contributed by atoms with Crippen LogP contribution in [0.15, 0.2) is 16.6 Å². The van der Waals surface area contributed by atoms with E-state index >= 15 is 0 Å². The van der Waals surface area contributed by atoms with Gasteiger partial charge in [-0.1, -0.05) is 57.5 Å². The molecule has 96 valence electrons. The molecule has 17 heavy (non-hydrogen) atoms. The zero-order valence-electron chi connectivity index (χ0n) is 11.9. The molecule has 0 amide bonds. The van der Waals surface area contributed by atoms with Crippen LogP contribution in [0.5, 0.6) is 5.75 Å². The predicted molar refractivity (Wildman–Crippen MR) is 78.1 cm³/mol. The first-order valence-electron chi connectivity index (χ1n) is 5.96. The van der Waals surface area contributed by atoms with Crippen molar-refractivity contribution in [3.63, 3.8) is 0 Å². The van der Waals surface area contributed by atoms with Gasteiger partial charge in [-0.05, 0) is 34.1 Å². The number of ether oxygens (including phenoxy) is 1. The molecule has 1 aromatic rings. The Kier molecular flexibility index (Phi) is 3.97. The monoisotopic (exact) mass is 298 g/mol. The maximum absolute atomic E-state index is 5.42. The van der Waals surface area contributed by atoms with Crippen LogP contribution in [-0.2, 0) is 10.8 Å². The van der Waals surface area contributed by atoms with Gasteiger partial charge in [0.05, 0.1) is 7.11 Å². The van der Waals surface area contributed by atoms with E-state index in [-0.39, 0.29) is 10.8 Å². The van der Waals surface area contributed by atoms with E-state index in [1.807, 2.05) is 0 Å². The third-order valence-corrected chi connectivity index (χ3v) is 3.75. The number of rotatable bonds is 1. The van der Waals surface area contributed by atoms with Gasteiger partial charge >= 0.3 is 0 Å². The molecule has 1 nitrogen and oxygen atoms in total. The van der Waals surface area contributed by atoms with Gasteiger partial charge < -0.3 is 4.74 Å². The summed E-state index contributed by atoms with van der Waals surface area (Å²) in [6, 6.07) is 4.25. The first-order chi connectivity index (χ1) is 7.57. The lowest BCUT2D eigenvalue weighted by atomic mass is 9.80. The smallest absolute Gasteiger partial charge is 0.119 e. The Morgan fingerprint density at radius 1 is 0.882 bits per heavy atom. The Morgan fingerprint density at radius 2 is 1.24 bits per heavy atom.